The Bertz CT molecular complexity index is 511. The van der Waals surface area contributed by atoms with Gasteiger partial charge in [-0.3, -0.25) is 0 Å². The Morgan fingerprint density at radius 1 is 0.739 bits per heavy atom. The molecule has 0 N–H and O–H groups in total. The van der Waals surface area contributed by atoms with Crippen LogP contribution in [0, 0.1) is 0 Å². The van der Waals surface area contributed by atoms with Gasteiger partial charge in [0, 0.05) is 24.8 Å². The fourth-order valence-corrected chi connectivity index (χ4v) is 2.05. The summed E-state index contributed by atoms with van der Waals surface area (Å²) in [4.78, 5) is 0. The summed E-state index contributed by atoms with van der Waals surface area (Å²) in [5, 5.41) is 0. The van der Waals surface area contributed by atoms with E-state index in [1.165, 1.54) is 25.3 Å². The molecule has 0 bridgehead atoms. The van der Waals surface area contributed by atoms with E-state index in [0.717, 1.165) is 18.4 Å². The number of hydrogen-bond acceptors (Lipinski definition) is 0. The van der Waals surface area contributed by atoms with Crippen LogP contribution in [0.15, 0.2) is 54.6 Å². The van der Waals surface area contributed by atoms with Gasteiger partial charge in [-0.15, -0.1) is 23.2 Å². The topological polar surface area (TPSA) is 0 Å². The van der Waals surface area contributed by atoms with Crippen molar-refractivity contribution in [2.24, 2.45) is 0 Å². The minimum atomic E-state index is -2.71. The van der Waals surface area contributed by atoms with E-state index >= 15 is 0 Å². The summed E-state index contributed by atoms with van der Waals surface area (Å²) in [6.07, 6.45) is 4.60. The molecule has 0 saturated carbocycles. The lowest BCUT2D eigenvalue weighted by atomic mass is 10.0. The molecule has 4 heteroatoms. The van der Waals surface area contributed by atoms with Crippen molar-refractivity contribution in [3.8, 4) is 0 Å². The van der Waals surface area contributed by atoms with Crippen LogP contribution in [0.1, 0.15) is 30.0 Å². The lowest BCUT2D eigenvalue weighted by molar-refractivity contribution is -0.00829. The fourth-order valence-electron chi connectivity index (χ4n) is 2.05. The van der Waals surface area contributed by atoms with Crippen molar-refractivity contribution in [1.29, 1.82) is 0 Å². The molecule has 0 unspecified atom stereocenters. The van der Waals surface area contributed by atoms with E-state index in [0.29, 0.717) is 0 Å². The maximum absolute atomic E-state index is 13.5. The maximum Gasteiger partial charge on any atom is 0.273 e. The van der Waals surface area contributed by atoms with E-state index in [1.807, 2.05) is 30.3 Å². The van der Waals surface area contributed by atoms with Crippen molar-refractivity contribution in [3.05, 3.63) is 71.3 Å². The standard InChI is InChI=1S/C17H18F2.2CH3Cl/c1-2-17(18,19)16-12-10-15(11-13-16)9-8-14-6-4-3-5-7-14;2*1-2/h3-7,10-13H,2,8-9H2,1H3;2*1H3. The number of hydrogen-bond donors (Lipinski definition) is 0. The Kier molecular flexibility index (Phi) is 11.7. The molecule has 0 aromatic heterocycles. The highest BCUT2D eigenvalue weighted by Crippen LogP contribution is 2.31. The van der Waals surface area contributed by atoms with Gasteiger partial charge in [0.1, 0.15) is 0 Å². The predicted molar refractivity (Wildman–Crippen MR) is 98.0 cm³/mol. The largest absolute Gasteiger partial charge is 0.273 e. The smallest absolute Gasteiger partial charge is 0.201 e. The van der Waals surface area contributed by atoms with E-state index in [2.05, 4.69) is 35.3 Å². The van der Waals surface area contributed by atoms with Gasteiger partial charge in [0.25, 0.3) is 5.92 Å². The van der Waals surface area contributed by atoms with Crippen LogP contribution in [0.25, 0.3) is 0 Å². The summed E-state index contributed by atoms with van der Waals surface area (Å²) in [5.74, 6) is -2.71. The molecule has 0 aliphatic carbocycles. The third kappa shape index (κ3) is 7.81. The molecule has 0 spiro atoms. The van der Waals surface area contributed by atoms with Gasteiger partial charge >= 0.3 is 0 Å². The second-order valence-electron chi connectivity index (χ2n) is 4.74. The number of halogens is 4. The van der Waals surface area contributed by atoms with Crippen molar-refractivity contribution >= 4 is 23.2 Å². The molecule has 0 radical (unpaired) electrons. The first-order valence-corrected chi connectivity index (χ1v) is 8.90. The molecule has 2 aromatic carbocycles. The minimum absolute atomic E-state index is 0.110. The molecule has 23 heavy (non-hydrogen) atoms. The highest BCUT2D eigenvalue weighted by Gasteiger charge is 2.28. The molecule has 2 rings (SSSR count). The first-order chi connectivity index (χ1) is 11.1. The third-order valence-electron chi connectivity index (χ3n) is 3.37. The zero-order chi connectivity index (χ0) is 17.7. The van der Waals surface area contributed by atoms with Gasteiger partial charge in [0.2, 0.25) is 0 Å². The van der Waals surface area contributed by atoms with Gasteiger partial charge in [0.05, 0.1) is 0 Å². The summed E-state index contributed by atoms with van der Waals surface area (Å²) in [7, 11) is 0. The molecule has 0 aliphatic rings. The fraction of sp³-hybridized carbons (Fsp3) is 0.368. The van der Waals surface area contributed by atoms with Crippen LogP contribution in [0.4, 0.5) is 8.78 Å². The van der Waals surface area contributed by atoms with Crippen molar-refractivity contribution in [2.75, 3.05) is 12.8 Å². The monoisotopic (exact) mass is 360 g/mol. The highest BCUT2D eigenvalue weighted by molar-refractivity contribution is 6.15. The molecule has 0 amide bonds. The molecule has 128 valence electrons. The Morgan fingerprint density at radius 3 is 1.61 bits per heavy atom. The number of aryl methyl sites for hydroxylation is 2. The van der Waals surface area contributed by atoms with Crippen LogP contribution in [0.2, 0.25) is 0 Å². The summed E-state index contributed by atoms with van der Waals surface area (Å²) < 4.78 is 26.9. The Balaban J connectivity index is 0.00000112. The van der Waals surface area contributed by atoms with Crippen molar-refractivity contribution < 1.29 is 8.78 Å². The molecule has 0 atom stereocenters. The molecule has 0 aliphatic heterocycles. The first kappa shape index (κ1) is 21.9. The van der Waals surface area contributed by atoms with Crippen LogP contribution < -0.4 is 0 Å². The lowest BCUT2D eigenvalue weighted by Gasteiger charge is -2.14. The lowest BCUT2D eigenvalue weighted by Crippen LogP contribution is -2.11. The third-order valence-corrected chi connectivity index (χ3v) is 3.37. The highest BCUT2D eigenvalue weighted by atomic mass is 35.5. The van der Waals surface area contributed by atoms with Gasteiger partial charge in [0.15, 0.2) is 0 Å². The van der Waals surface area contributed by atoms with E-state index in [-0.39, 0.29) is 12.0 Å². The van der Waals surface area contributed by atoms with Crippen LogP contribution >= 0.6 is 23.2 Å². The van der Waals surface area contributed by atoms with Crippen LogP contribution in [0.3, 0.4) is 0 Å². The first-order valence-electron chi connectivity index (χ1n) is 7.38. The second kappa shape index (κ2) is 12.3. The summed E-state index contributed by atoms with van der Waals surface area (Å²) in [6.45, 7) is 1.50. The van der Waals surface area contributed by atoms with Crippen molar-refractivity contribution in [3.63, 3.8) is 0 Å². The molecule has 0 saturated heterocycles. The van der Waals surface area contributed by atoms with E-state index in [4.69, 9.17) is 0 Å². The van der Waals surface area contributed by atoms with E-state index < -0.39 is 5.92 Å². The average Bonchev–Trinajstić information content (AvgIpc) is 2.64. The maximum atomic E-state index is 13.5. The van der Waals surface area contributed by atoms with Gasteiger partial charge in [-0.25, -0.2) is 8.78 Å². The summed E-state index contributed by atoms with van der Waals surface area (Å²) >= 11 is 9.28. The van der Waals surface area contributed by atoms with E-state index in [1.54, 1.807) is 12.1 Å². The molecule has 0 fully saturated rings. The average molecular weight is 361 g/mol. The predicted octanol–water partition coefficient (Wildman–Crippen LogP) is 6.68. The van der Waals surface area contributed by atoms with Crippen LogP contribution in [-0.2, 0) is 18.8 Å². The second-order valence-corrected chi connectivity index (χ2v) is 4.74. The van der Waals surface area contributed by atoms with E-state index in [9.17, 15) is 8.78 Å². The van der Waals surface area contributed by atoms with Crippen LogP contribution in [0.5, 0.6) is 0 Å². The molecular formula is C19H24Cl2F2. The van der Waals surface area contributed by atoms with Gasteiger partial charge in [-0.2, -0.15) is 0 Å². The molecular weight excluding hydrogens is 337 g/mol. The van der Waals surface area contributed by atoms with Gasteiger partial charge in [-0.1, -0.05) is 61.5 Å². The molecule has 2 aromatic rings. The quantitative estimate of drug-likeness (QED) is 0.521. The number of rotatable bonds is 5. The van der Waals surface area contributed by atoms with Crippen molar-refractivity contribution in [1.82, 2.24) is 0 Å². The number of alkyl halides is 4. The normalized spacial score (nSPS) is 10.0. The van der Waals surface area contributed by atoms with Gasteiger partial charge < -0.3 is 0 Å². The Hall–Kier alpha value is -1.12. The zero-order valence-electron chi connectivity index (χ0n) is 13.8. The Morgan fingerprint density at radius 2 is 1.17 bits per heavy atom. The van der Waals surface area contributed by atoms with Gasteiger partial charge in [-0.05, 0) is 24.0 Å². The number of benzene rings is 2. The SMILES string of the molecule is CCC(F)(F)c1ccc(CCc2ccccc2)cc1.CCl.CCl. The summed E-state index contributed by atoms with van der Waals surface area (Å²) in [5.41, 5.74) is 2.48. The van der Waals surface area contributed by atoms with Crippen LogP contribution in [-0.4, -0.2) is 12.8 Å². The molecule has 0 nitrogen and oxygen atoms in total. The Labute approximate surface area is 148 Å². The summed E-state index contributed by atoms with van der Waals surface area (Å²) in [6, 6.07) is 16.9. The zero-order valence-corrected chi connectivity index (χ0v) is 15.3. The van der Waals surface area contributed by atoms with Crippen molar-refractivity contribution in [2.45, 2.75) is 32.1 Å². The minimum Gasteiger partial charge on any atom is -0.201 e. The molecule has 0 heterocycles.